The number of carbonyl (C=O) groups is 1. The van der Waals surface area contributed by atoms with Crippen LogP contribution in [0.2, 0.25) is 0 Å². The Morgan fingerprint density at radius 2 is 1.76 bits per heavy atom. The van der Waals surface area contributed by atoms with Crippen LogP contribution < -0.4 is 5.32 Å². The van der Waals surface area contributed by atoms with Crippen LogP contribution in [0.1, 0.15) is 33.1 Å². The first-order valence-corrected chi connectivity index (χ1v) is 7.71. The number of ether oxygens (including phenoxy) is 4. The molecule has 1 aliphatic rings. The Balaban J connectivity index is 2.18. The van der Waals surface area contributed by atoms with Crippen molar-refractivity contribution < 1.29 is 23.7 Å². The zero-order valence-corrected chi connectivity index (χ0v) is 13.5. The second kappa shape index (κ2) is 10.1. The molecular weight excluding hydrogens is 274 g/mol. The molecule has 6 heteroatoms. The van der Waals surface area contributed by atoms with Crippen molar-refractivity contribution in [2.24, 2.45) is 0 Å². The minimum Gasteiger partial charge on any atom is -0.465 e. The number of methoxy groups -OCH3 is 1. The van der Waals surface area contributed by atoms with Crippen LogP contribution in [0, 0.1) is 0 Å². The first kappa shape index (κ1) is 18.4. The maximum absolute atomic E-state index is 12.1. The largest absolute Gasteiger partial charge is 0.465 e. The van der Waals surface area contributed by atoms with E-state index in [4.69, 9.17) is 18.9 Å². The molecule has 1 atom stereocenters. The van der Waals surface area contributed by atoms with E-state index in [2.05, 4.69) is 5.32 Å². The third-order valence-electron chi connectivity index (χ3n) is 3.38. The second-order valence-electron chi connectivity index (χ2n) is 5.44. The highest BCUT2D eigenvalue weighted by molar-refractivity contribution is 5.80. The summed E-state index contributed by atoms with van der Waals surface area (Å²) in [6.45, 7) is 6.83. The van der Waals surface area contributed by atoms with Gasteiger partial charge in [0.2, 0.25) is 0 Å². The zero-order valence-electron chi connectivity index (χ0n) is 13.5. The van der Waals surface area contributed by atoms with Gasteiger partial charge in [-0.25, -0.2) is 0 Å². The number of hydrogen-bond donors (Lipinski definition) is 1. The lowest BCUT2D eigenvalue weighted by Crippen LogP contribution is -2.52. The molecule has 1 N–H and O–H groups in total. The molecule has 0 aromatic carbocycles. The number of hydrogen-bond acceptors (Lipinski definition) is 6. The van der Waals surface area contributed by atoms with E-state index < -0.39 is 5.54 Å². The molecule has 0 aliphatic heterocycles. The van der Waals surface area contributed by atoms with E-state index >= 15 is 0 Å². The minimum atomic E-state index is -0.659. The van der Waals surface area contributed by atoms with Crippen LogP contribution >= 0.6 is 0 Å². The third-order valence-corrected chi connectivity index (χ3v) is 3.38. The SMILES string of the molecule is CCOC(=O)C(C)(CCOCCOCCOC)NC1CC1. The third kappa shape index (κ3) is 7.76. The van der Waals surface area contributed by atoms with E-state index in [1.54, 1.807) is 7.11 Å². The number of rotatable bonds is 13. The van der Waals surface area contributed by atoms with Crippen molar-refractivity contribution in [2.75, 3.05) is 46.8 Å². The summed E-state index contributed by atoms with van der Waals surface area (Å²) in [4.78, 5) is 12.1. The van der Waals surface area contributed by atoms with Gasteiger partial charge in [0, 0.05) is 19.8 Å². The fourth-order valence-corrected chi connectivity index (χ4v) is 1.94. The summed E-state index contributed by atoms with van der Waals surface area (Å²) in [7, 11) is 1.64. The maximum Gasteiger partial charge on any atom is 0.326 e. The summed E-state index contributed by atoms with van der Waals surface area (Å²) < 4.78 is 20.9. The molecule has 0 aromatic heterocycles. The standard InChI is InChI=1S/C15H29NO5/c1-4-21-14(17)15(2,16-13-5-6-13)7-8-19-11-12-20-10-9-18-3/h13,16H,4-12H2,1-3H3. The van der Waals surface area contributed by atoms with Crippen molar-refractivity contribution in [3.8, 4) is 0 Å². The van der Waals surface area contributed by atoms with Crippen molar-refractivity contribution in [1.29, 1.82) is 0 Å². The fraction of sp³-hybridized carbons (Fsp3) is 0.933. The average Bonchev–Trinajstić information content (AvgIpc) is 3.26. The van der Waals surface area contributed by atoms with Gasteiger partial charge in [0.15, 0.2) is 0 Å². The molecular formula is C15H29NO5. The maximum atomic E-state index is 12.1. The zero-order chi connectivity index (χ0) is 15.6. The summed E-state index contributed by atoms with van der Waals surface area (Å²) in [5.41, 5.74) is -0.659. The van der Waals surface area contributed by atoms with Gasteiger partial charge in [-0.3, -0.25) is 10.1 Å². The monoisotopic (exact) mass is 303 g/mol. The van der Waals surface area contributed by atoms with Crippen LogP contribution in [0.15, 0.2) is 0 Å². The molecule has 21 heavy (non-hydrogen) atoms. The van der Waals surface area contributed by atoms with Gasteiger partial charge in [-0.05, 0) is 33.1 Å². The molecule has 1 unspecified atom stereocenters. The normalized spacial score (nSPS) is 17.5. The second-order valence-corrected chi connectivity index (χ2v) is 5.44. The van der Waals surface area contributed by atoms with Crippen molar-refractivity contribution >= 4 is 5.97 Å². The molecule has 0 amide bonds. The Hall–Kier alpha value is -0.690. The Morgan fingerprint density at radius 1 is 1.14 bits per heavy atom. The highest BCUT2D eigenvalue weighted by Gasteiger charge is 2.39. The van der Waals surface area contributed by atoms with Gasteiger partial charge in [0.05, 0.1) is 33.0 Å². The lowest BCUT2D eigenvalue weighted by atomic mass is 9.98. The number of esters is 1. The molecule has 1 aliphatic carbocycles. The molecule has 0 heterocycles. The van der Waals surface area contributed by atoms with E-state index in [0.29, 0.717) is 52.1 Å². The lowest BCUT2D eigenvalue weighted by molar-refractivity contribution is -0.151. The molecule has 1 saturated carbocycles. The predicted octanol–water partition coefficient (Wildman–Crippen LogP) is 1.13. The predicted molar refractivity (Wildman–Crippen MR) is 79.3 cm³/mol. The molecule has 1 rings (SSSR count). The topological polar surface area (TPSA) is 66.0 Å². The highest BCUT2D eigenvalue weighted by Crippen LogP contribution is 2.25. The van der Waals surface area contributed by atoms with E-state index in [1.807, 2.05) is 13.8 Å². The van der Waals surface area contributed by atoms with Gasteiger partial charge < -0.3 is 18.9 Å². The fourth-order valence-electron chi connectivity index (χ4n) is 1.94. The van der Waals surface area contributed by atoms with Gasteiger partial charge in [0.1, 0.15) is 5.54 Å². The molecule has 6 nitrogen and oxygen atoms in total. The average molecular weight is 303 g/mol. The van der Waals surface area contributed by atoms with Gasteiger partial charge in [0.25, 0.3) is 0 Å². The quantitative estimate of drug-likeness (QED) is 0.406. The van der Waals surface area contributed by atoms with Crippen LogP contribution in [0.3, 0.4) is 0 Å². The molecule has 1 fully saturated rings. The summed E-state index contributed by atoms with van der Waals surface area (Å²) in [6, 6.07) is 0.441. The van der Waals surface area contributed by atoms with Crippen molar-refractivity contribution in [2.45, 2.75) is 44.7 Å². The summed E-state index contributed by atoms with van der Waals surface area (Å²) in [5.74, 6) is -0.197. The van der Waals surface area contributed by atoms with Crippen molar-refractivity contribution in [3.63, 3.8) is 0 Å². The molecule has 0 spiro atoms. The van der Waals surface area contributed by atoms with Crippen molar-refractivity contribution in [1.82, 2.24) is 5.32 Å². The van der Waals surface area contributed by atoms with Gasteiger partial charge in [-0.15, -0.1) is 0 Å². The van der Waals surface area contributed by atoms with Gasteiger partial charge in [-0.2, -0.15) is 0 Å². The van der Waals surface area contributed by atoms with Gasteiger partial charge in [-0.1, -0.05) is 0 Å². The molecule has 0 radical (unpaired) electrons. The molecule has 0 saturated heterocycles. The lowest BCUT2D eigenvalue weighted by Gasteiger charge is -2.28. The first-order chi connectivity index (χ1) is 10.1. The smallest absolute Gasteiger partial charge is 0.326 e. The van der Waals surface area contributed by atoms with E-state index in [0.717, 1.165) is 12.8 Å². The molecule has 124 valence electrons. The summed E-state index contributed by atoms with van der Waals surface area (Å²) in [6.07, 6.45) is 2.85. The van der Waals surface area contributed by atoms with Crippen LogP contribution in [-0.4, -0.2) is 64.3 Å². The Morgan fingerprint density at radius 3 is 2.33 bits per heavy atom. The first-order valence-electron chi connectivity index (χ1n) is 7.71. The Kier molecular flexibility index (Phi) is 8.84. The number of nitrogens with one attached hydrogen (secondary N) is 1. The molecule has 0 aromatic rings. The summed E-state index contributed by atoms with van der Waals surface area (Å²) >= 11 is 0. The van der Waals surface area contributed by atoms with Gasteiger partial charge >= 0.3 is 5.97 Å². The van der Waals surface area contributed by atoms with E-state index in [-0.39, 0.29) is 5.97 Å². The number of carbonyl (C=O) groups excluding carboxylic acids is 1. The van der Waals surface area contributed by atoms with Crippen LogP contribution in [-0.2, 0) is 23.7 Å². The highest BCUT2D eigenvalue weighted by atomic mass is 16.5. The Labute approximate surface area is 127 Å². The van der Waals surface area contributed by atoms with E-state index in [1.165, 1.54) is 0 Å². The minimum absolute atomic E-state index is 0.197. The summed E-state index contributed by atoms with van der Waals surface area (Å²) in [5, 5.41) is 3.37. The van der Waals surface area contributed by atoms with Crippen LogP contribution in [0.5, 0.6) is 0 Å². The Bertz CT molecular complexity index is 296. The van der Waals surface area contributed by atoms with Crippen molar-refractivity contribution in [3.05, 3.63) is 0 Å². The van der Waals surface area contributed by atoms with E-state index in [9.17, 15) is 4.79 Å². The van der Waals surface area contributed by atoms with Crippen LogP contribution in [0.4, 0.5) is 0 Å². The molecule has 0 bridgehead atoms. The van der Waals surface area contributed by atoms with Crippen LogP contribution in [0.25, 0.3) is 0 Å².